The van der Waals surface area contributed by atoms with Crippen molar-refractivity contribution in [2.45, 2.75) is 97.3 Å². The average molecular weight is 379 g/mol. The van der Waals surface area contributed by atoms with Crippen molar-refractivity contribution in [3.63, 3.8) is 0 Å². The van der Waals surface area contributed by atoms with Crippen LogP contribution in [-0.2, 0) is 11.0 Å². The Morgan fingerprint density at radius 2 is 1.08 bits per heavy atom. The zero-order valence-corrected chi connectivity index (χ0v) is 18.5. The molecule has 0 saturated carbocycles. The molecule has 2 heteroatoms. The lowest BCUT2D eigenvalue weighted by Gasteiger charge is -2.19. The van der Waals surface area contributed by atoms with Gasteiger partial charge >= 0.3 is 0 Å². The predicted molar refractivity (Wildman–Crippen MR) is 119 cm³/mol. The summed E-state index contributed by atoms with van der Waals surface area (Å²) in [6.07, 6.45) is 19.4. The molecule has 0 bridgehead atoms. The van der Waals surface area contributed by atoms with Gasteiger partial charge in [0.1, 0.15) is 0 Å². The number of unbranched alkanes of at least 4 members (excludes halogenated alkanes) is 10. The SMILES string of the molecule is CCCCCCCCP(=O)(CCCCCCCC)CCc1ccccc1. The Bertz CT molecular complexity index is 448. The van der Waals surface area contributed by atoms with Gasteiger partial charge in [-0.2, -0.15) is 0 Å². The van der Waals surface area contributed by atoms with E-state index in [0.29, 0.717) is 0 Å². The topological polar surface area (TPSA) is 17.1 Å². The summed E-state index contributed by atoms with van der Waals surface area (Å²) in [4.78, 5) is 0. The van der Waals surface area contributed by atoms with Crippen molar-refractivity contribution >= 4 is 7.14 Å². The highest BCUT2D eigenvalue weighted by atomic mass is 31.2. The molecule has 1 aromatic rings. The first kappa shape index (κ1) is 23.5. The fraction of sp³-hybridized carbons (Fsp3) is 0.750. The third kappa shape index (κ3) is 11.9. The maximum Gasteiger partial charge on any atom is 0.0880 e. The van der Waals surface area contributed by atoms with Crippen molar-refractivity contribution in [1.82, 2.24) is 0 Å². The van der Waals surface area contributed by atoms with E-state index >= 15 is 0 Å². The minimum atomic E-state index is -2.00. The Balaban J connectivity index is 2.38. The number of hydrogen-bond donors (Lipinski definition) is 0. The van der Waals surface area contributed by atoms with Gasteiger partial charge < -0.3 is 4.57 Å². The van der Waals surface area contributed by atoms with Crippen LogP contribution in [0.5, 0.6) is 0 Å². The molecule has 0 aliphatic heterocycles. The van der Waals surface area contributed by atoms with E-state index in [2.05, 4.69) is 44.2 Å². The van der Waals surface area contributed by atoms with Gasteiger partial charge in [0, 0.05) is 18.5 Å². The zero-order chi connectivity index (χ0) is 18.9. The fourth-order valence-electron chi connectivity index (χ4n) is 3.67. The first-order chi connectivity index (χ1) is 12.7. The van der Waals surface area contributed by atoms with Gasteiger partial charge in [0.15, 0.2) is 0 Å². The molecule has 0 N–H and O–H groups in total. The van der Waals surface area contributed by atoms with Gasteiger partial charge in [0.05, 0.1) is 7.14 Å². The normalized spacial score (nSPS) is 11.8. The van der Waals surface area contributed by atoms with E-state index < -0.39 is 7.14 Å². The smallest absolute Gasteiger partial charge is 0.0880 e. The summed E-state index contributed by atoms with van der Waals surface area (Å²) in [6.45, 7) is 4.52. The van der Waals surface area contributed by atoms with Crippen LogP contribution in [0, 0.1) is 0 Å². The fourth-order valence-corrected chi connectivity index (χ4v) is 6.61. The molecule has 0 heterocycles. The molecule has 0 aliphatic rings. The molecule has 150 valence electrons. The number of hydrogen-bond acceptors (Lipinski definition) is 1. The van der Waals surface area contributed by atoms with Gasteiger partial charge in [-0.3, -0.25) is 0 Å². The van der Waals surface area contributed by atoms with E-state index in [1.807, 2.05) is 0 Å². The lowest BCUT2D eigenvalue weighted by atomic mass is 10.1. The highest BCUT2D eigenvalue weighted by Gasteiger charge is 2.21. The van der Waals surface area contributed by atoms with Crippen molar-refractivity contribution in [2.75, 3.05) is 18.5 Å². The molecule has 0 spiro atoms. The van der Waals surface area contributed by atoms with Gasteiger partial charge in [-0.1, -0.05) is 108 Å². The third-order valence-electron chi connectivity index (χ3n) is 5.49. The Hall–Kier alpha value is -0.550. The first-order valence-corrected chi connectivity index (χ1v) is 13.6. The summed E-state index contributed by atoms with van der Waals surface area (Å²) in [5.41, 5.74) is 1.35. The van der Waals surface area contributed by atoms with Gasteiger partial charge in [-0.25, -0.2) is 0 Å². The minimum absolute atomic E-state index is 0.918. The molecule has 0 atom stereocenters. The molecule has 0 saturated heterocycles. The molecule has 0 fully saturated rings. The lowest BCUT2D eigenvalue weighted by Crippen LogP contribution is -2.04. The standard InChI is InChI=1S/C24H43OP/c1-3-5-7-9-11-16-21-26(25,22-17-12-10-8-6-4-2)23-20-24-18-14-13-15-19-24/h13-15,18-19H,3-12,16-17,20-23H2,1-2H3. The van der Waals surface area contributed by atoms with Crippen LogP contribution in [-0.4, -0.2) is 18.5 Å². The maximum absolute atomic E-state index is 13.6. The van der Waals surface area contributed by atoms with Crippen LogP contribution in [0.4, 0.5) is 0 Å². The Kier molecular flexibility index (Phi) is 14.0. The highest BCUT2D eigenvalue weighted by molar-refractivity contribution is 7.63. The summed E-state index contributed by atoms with van der Waals surface area (Å²) in [6, 6.07) is 10.6. The third-order valence-corrected chi connectivity index (χ3v) is 8.79. The van der Waals surface area contributed by atoms with Gasteiger partial charge in [-0.15, -0.1) is 0 Å². The van der Waals surface area contributed by atoms with E-state index in [1.165, 1.54) is 82.6 Å². The number of benzene rings is 1. The van der Waals surface area contributed by atoms with E-state index in [1.54, 1.807) is 0 Å². The largest absolute Gasteiger partial charge is 0.324 e. The van der Waals surface area contributed by atoms with Gasteiger partial charge in [-0.05, 0) is 24.8 Å². The molecular formula is C24H43OP. The maximum atomic E-state index is 13.6. The molecular weight excluding hydrogens is 335 g/mol. The van der Waals surface area contributed by atoms with Crippen LogP contribution >= 0.6 is 7.14 Å². The van der Waals surface area contributed by atoms with Crippen LogP contribution < -0.4 is 0 Å². The Labute approximate surface area is 163 Å². The van der Waals surface area contributed by atoms with Crippen molar-refractivity contribution in [2.24, 2.45) is 0 Å². The number of rotatable bonds is 17. The van der Waals surface area contributed by atoms with Crippen LogP contribution in [0.3, 0.4) is 0 Å². The van der Waals surface area contributed by atoms with Crippen LogP contribution in [0.25, 0.3) is 0 Å². The molecule has 0 unspecified atom stereocenters. The monoisotopic (exact) mass is 378 g/mol. The van der Waals surface area contributed by atoms with E-state index in [9.17, 15) is 4.57 Å². The predicted octanol–water partition coefficient (Wildman–Crippen LogP) is 8.31. The second-order valence-electron chi connectivity index (χ2n) is 8.00. The van der Waals surface area contributed by atoms with Crippen LogP contribution in [0.2, 0.25) is 0 Å². The number of aryl methyl sites for hydroxylation is 1. The second-order valence-corrected chi connectivity index (χ2v) is 11.5. The van der Waals surface area contributed by atoms with Gasteiger partial charge in [0.2, 0.25) is 0 Å². The zero-order valence-electron chi connectivity index (χ0n) is 17.6. The van der Waals surface area contributed by atoms with Crippen LogP contribution in [0.1, 0.15) is 96.5 Å². The lowest BCUT2D eigenvalue weighted by molar-refractivity contribution is 0.560. The van der Waals surface area contributed by atoms with Crippen molar-refractivity contribution < 1.29 is 4.57 Å². The second kappa shape index (κ2) is 15.5. The summed E-state index contributed by atoms with van der Waals surface area (Å²) < 4.78 is 13.6. The minimum Gasteiger partial charge on any atom is -0.324 e. The van der Waals surface area contributed by atoms with E-state index in [4.69, 9.17) is 0 Å². The molecule has 0 amide bonds. The van der Waals surface area contributed by atoms with Gasteiger partial charge in [0.25, 0.3) is 0 Å². The van der Waals surface area contributed by atoms with E-state index in [0.717, 1.165) is 24.9 Å². The molecule has 0 radical (unpaired) electrons. The molecule has 1 aromatic carbocycles. The Morgan fingerprint density at radius 3 is 1.58 bits per heavy atom. The van der Waals surface area contributed by atoms with E-state index in [-0.39, 0.29) is 0 Å². The van der Waals surface area contributed by atoms with Crippen molar-refractivity contribution in [3.8, 4) is 0 Å². The molecule has 0 aliphatic carbocycles. The molecule has 26 heavy (non-hydrogen) atoms. The Morgan fingerprint density at radius 1 is 0.615 bits per heavy atom. The summed E-state index contributed by atoms with van der Waals surface area (Å²) in [5, 5.41) is 0. The first-order valence-electron chi connectivity index (χ1n) is 11.3. The van der Waals surface area contributed by atoms with Crippen LogP contribution in [0.15, 0.2) is 30.3 Å². The molecule has 1 nitrogen and oxygen atoms in total. The summed E-state index contributed by atoms with van der Waals surface area (Å²) >= 11 is 0. The van der Waals surface area contributed by atoms with Crippen molar-refractivity contribution in [1.29, 1.82) is 0 Å². The van der Waals surface area contributed by atoms with Crippen molar-refractivity contribution in [3.05, 3.63) is 35.9 Å². The quantitative estimate of drug-likeness (QED) is 0.197. The summed E-state index contributed by atoms with van der Waals surface area (Å²) in [5.74, 6) is 0. The molecule has 0 aromatic heterocycles. The summed E-state index contributed by atoms with van der Waals surface area (Å²) in [7, 11) is -2.00. The highest BCUT2D eigenvalue weighted by Crippen LogP contribution is 2.48. The molecule has 1 rings (SSSR count). The average Bonchev–Trinajstić information content (AvgIpc) is 2.67.